The minimum absolute atomic E-state index is 0.104. The van der Waals surface area contributed by atoms with E-state index in [-0.39, 0.29) is 24.8 Å². The number of nitrogens with two attached hydrogens (primary N) is 1. The van der Waals surface area contributed by atoms with Crippen LogP contribution < -0.4 is 11.3 Å². The van der Waals surface area contributed by atoms with Gasteiger partial charge >= 0.3 is 6.18 Å². The lowest BCUT2D eigenvalue weighted by atomic mass is 9.76. The standard InChI is InChI=1S/C12H17F3N4/c13-12(14,15)10-3-1-2-8(4-10)11(19-16)9-5-17-7-18-6-9/h5-8,10-11,19H,1-4,16H2. The van der Waals surface area contributed by atoms with E-state index >= 15 is 0 Å². The fraction of sp³-hybridized carbons (Fsp3) is 0.667. The molecule has 1 aliphatic rings. The summed E-state index contributed by atoms with van der Waals surface area (Å²) >= 11 is 0. The zero-order chi connectivity index (χ0) is 13.9. The third kappa shape index (κ3) is 3.42. The first kappa shape index (κ1) is 14.2. The molecule has 0 radical (unpaired) electrons. The second-order valence-electron chi connectivity index (χ2n) is 4.98. The molecule has 2 rings (SSSR count). The highest BCUT2D eigenvalue weighted by Crippen LogP contribution is 2.43. The Morgan fingerprint density at radius 2 is 1.95 bits per heavy atom. The van der Waals surface area contributed by atoms with Crippen molar-refractivity contribution >= 4 is 0 Å². The van der Waals surface area contributed by atoms with Gasteiger partial charge in [0, 0.05) is 18.0 Å². The molecule has 1 fully saturated rings. The van der Waals surface area contributed by atoms with Crippen LogP contribution in [-0.2, 0) is 0 Å². The van der Waals surface area contributed by atoms with Crippen LogP contribution in [0, 0.1) is 11.8 Å². The van der Waals surface area contributed by atoms with Gasteiger partial charge in [-0.3, -0.25) is 11.3 Å². The molecule has 0 aromatic carbocycles. The van der Waals surface area contributed by atoms with Crippen LogP contribution in [0.3, 0.4) is 0 Å². The van der Waals surface area contributed by atoms with E-state index in [1.165, 1.54) is 6.33 Å². The van der Waals surface area contributed by atoms with Gasteiger partial charge in [-0.1, -0.05) is 6.42 Å². The van der Waals surface area contributed by atoms with E-state index in [1.807, 2.05) is 0 Å². The lowest BCUT2D eigenvalue weighted by Gasteiger charge is -2.35. The van der Waals surface area contributed by atoms with Gasteiger partial charge in [-0.25, -0.2) is 9.97 Å². The summed E-state index contributed by atoms with van der Waals surface area (Å²) in [5.74, 6) is 4.13. The van der Waals surface area contributed by atoms with Crippen LogP contribution in [0.2, 0.25) is 0 Å². The summed E-state index contributed by atoms with van der Waals surface area (Å²) in [6.07, 6.45) is 2.07. The highest BCUT2D eigenvalue weighted by Gasteiger charge is 2.43. The second-order valence-corrected chi connectivity index (χ2v) is 4.98. The van der Waals surface area contributed by atoms with Gasteiger partial charge in [0.15, 0.2) is 0 Å². The summed E-state index contributed by atoms with van der Waals surface area (Å²) in [6, 6.07) is -0.327. The Morgan fingerprint density at radius 3 is 2.53 bits per heavy atom. The maximum Gasteiger partial charge on any atom is 0.391 e. The Hall–Kier alpha value is -1.21. The van der Waals surface area contributed by atoms with Gasteiger partial charge in [0.25, 0.3) is 0 Å². The van der Waals surface area contributed by atoms with Crippen molar-refractivity contribution in [3.8, 4) is 0 Å². The number of hydrogen-bond acceptors (Lipinski definition) is 4. The summed E-state index contributed by atoms with van der Waals surface area (Å²) in [4.78, 5) is 7.77. The first-order valence-corrected chi connectivity index (χ1v) is 6.30. The molecule has 1 aromatic rings. The van der Waals surface area contributed by atoms with E-state index < -0.39 is 12.1 Å². The molecule has 106 valence electrons. The van der Waals surface area contributed by atoms with Gasteiger partial charge in [-0.05, 0) is 25.2 Å². The molecular formula is C12H17F3N4. The fourth-order valence-electron chi connectivity index (χ4n) is 2.80. The molecule has 7 heteroatoms. The van der Waals surface area contributed by atoms with Crippen molar-refractivity contribution in [2.75, 3.05) is 0 Å². The molecule has 19 heavy (non-hydrogen) atoms. The molecule has 3 atom stereocenters. The maximum absolute atomic E-state index is 12.8. The largest absolute Gasteiger partial charge is 0.391 e. The van der Waals surface area contributed by atoms with Crippen LogP contribution in [-0.4, -0.2) is 16.1 Å². The van der Waals surface area contributed by atoms with Crippen LogP contribution in [0.1, 0.15) is 37.3 Å². The first-order valence-electron chi connectivity index (χ1n) is 6.30. The Bertz CT molecular complexity index is 396. The average molecular weight is 274 g/mol. The minimum atomic E-state index is -4.12. The normalized spacial score (nSPS) is 26.1. The van der Waals surface area contributed by atoms with Crippen molar-refractivity contribution in [3.63, 3.8) is 0 Å². The zero-order valence-electron chi connectivity index (χ0n) is 10.4. The summed E-state index contributed by atoms with van der Waals surface area (Å²) in [5.41, 5.74) is 3.35. The Labute approximate surface area is 109 Å². The van der Waals surface area contributed by atoms with Crippen molar-refractivity contribution in [1.29, 1.82) is 0 Å². The number of hydrogen-bond donors (Lipinski definition) is 2. The van der Waals surface area contributed by atoms with E-state index in [1.54, 1.807) is 12.4 Å². The summed E-state index contributed by atoms with van der Waals surface area (Å²) in [5, 5.41) is 0. The molecule has 1 aromatic heterocycles. The molecule has 0 saturated heterocycles. The minimum Gasteiger partial charge on any atom is -0.271 e. The third-order valence-electron chi connectivity index (χ3n) is 3.77. The number of nitrogens with one attached hydrogen (secondary N) is 1. The molecule has 0 aliphatic heterocycles. The van der Waals surface area contributed by atoms with Crippen LogP contribution in [0.15, 0.2) is 18.7 Å². The van der Waals surface area contributed by atoms with E-state index in [4.69, 9.17) is 5.84 Å². The van der Waals surface area contributed by atoms with Crippen molar-refractivity contribution in [1.82, 2.24) is 15.4 Å². The molecule has 3 N–H and O–H groups in total. The topological polar surface area (TPSA) is 63.8 Å². The van der Waals surface area contributed by atoms with Crippen molar-refractivity contribution < 1.29 is 13.2 Å². The summed E-state index contributed by atoms with van der Waals surface area (Å²) < 4.78 is 38.4. The van der Waals surface area contributed by atoms with E-state index in [9.17, 15) is 13.2 Å². The predicted molar refractivity (Wildman–Crippen MR) is 63.6 cm³/mol. The first-order chi connectivity index (χ1) is 9.02. The van der Waals surface area contributed by atoms with Crippen LogP contribution in [0.25, 0.3) is 0 Å². The lowest BCUT2D eigenvalue weighted by Crippen LogP contribution is -2.38. The number of halogens is 3. The molecule has 0 bridgehead atoms. The number of alkyl halides is 3. The quantitative estimate of drug-likeness (QED) is 0.656. The molecule has 0 amide bonds. The van der Waals surface area contributed by atoms with Crippen LogP contribution >= 0.6 is 0 Å². The molecule has 1 heterocycles. The maximum atomic E-state index is 12.8. The average Bonchev–Trinajstić information content (AvgIpc) is 2.40. The number of nitrogens with zero attached hydrogens (tertiary/aromatic N) is 2. The Kier molecular flexibility index (Phi) is 4.36. The van der Waals surface area contributed by atoms with Gasteiger partial charge in [0.05, 0.1) is 12.0 Å². The molecule has 0 spiro atoms. The van der Waals surface area contributed by atoms with Crippen molar-refractivity contribution in [3.05, 3.63) is 24.3 Å². The van der Waals surface area contributed by atoms with E-state index in [0.717, 1.165) is 12.0 Å². The van der Waals surface area contributed by atoms with E-state index in [0.29, 0.717) is 6.42 Å². The molecule has 1 aliphatic carbocycles. The van der Waals surface area contributed by atoms with Gasteiger partial charge in [-0.15, -0.1) is 0 Å². The highest BCUT2D eigenvalue weighted by atomic mass is 19.4. The predicted octanol–water partition coefficient (Wildman–Crippen LogP) is 2.35. The van der Waals surface area contributed by atoms with E-state index in [2.05, 4.69) is 15.4 Å². The zero-order valence-corrected chi connectivity index (χ0v) is 10.4. The molecule has 3 unspecified atom stereocenters. The lowest BCUT2D eigenvalue weighted by molar-refractivity contribution is -0.186. The number of rotatable bonds is 3. The highest BCUT2D eigenvalue weighted by molar-refractivity contribution is 5.11. The van der Waals surface area contributed by atoms with Crippen molar-refractivity contribution in [2.24, 2.45) is 17.7 Å². The van der Waals surface area contributed by atoms with Gasteiger partial charge in [0.1, 0.15) is 6.33 Å². The fourth-order valence-corrected chi connectivity index (χ4v) is 2.80. The Balaban J connectivity index is 2.11. The third-order valence-corrected chi connectivity index (χ3v) is 3.77. The number of hydrazine groups is 1. The van der Waals surface area contributed by atoms with Crippen molar-refractivity contribution in [2.45, 2.75) is 37.9 Å². The smallest absolute Gasteiger partial charge is 0.271 e. The molecule has 1 saturated carbocycles. The SMILES string of the molecule is NNC(c1cncnc1)C1CCCC(C(F)(F)F)C1. The second kappa shape index (κ2) is 5.83. The Morgan fingerprint density at radius 1 is 1.26 bits per heavy atom. The number of aromatic nitrogens is 2. The van der Waals surface area contributed by atoms with Gasteiger partial charge < -0.3 is 0 Å². The van der Waals surface area contributed by atoms with Gasteiger partial charge in [0.2, 0.25) is 0 Å². The summed E-state index contributed by atoms with van der Waals surface area (Å²) in [7, 11) is 0. The summed E-state index contributed by atoms with van der Waals surface area (Å²) in [6.45, 7) is 0. The van der Waals surface area contributed by atoms with Crippen LogP contribution in [0.5, 0.6) is 0 Å². The van der Waals surface area contributed by atoms with Gasteiger partial charge in [-0.2, -0.15) is 13.2 Å². The molecular weight excluding hydrogens is 257 g/mol. The van der Waals surface area contributed by atoms with Crippen LogP contribution in [0.4, 0.5) is 13.2 Å². The monoisotopic (exact) mass is 274 g/mol. The molecule has 4 nitrogen and oxygen atoms in total.